The molecule has 0 spiro atoms. The number of rotatable bonds is 4. The minimum Gasteiger partial charge on any atom is -0.490 e. The smallest absolute Gasteiger partial charge is 0.257 e. The minimum atomic E-state index is 0.0550. The van der Waals surface area contributed by atoms with Crippen LogP contribution in [0.3, 0.4) is 0 Å². The molecule has 1 N–H and O–H groups in total. The highest BCUT2D eigenvalue weighted by Crippen LogP contribution is 2.22. The summed E-state index contributed by atoms with van der Waals surface area (Å²) in [5.74, 6) is 0.718. The first-order valence-corrected chi connectivity index (χ1v) is 7.68. The van der Waals surface area contributed by atoms with Crippen molar-refractivity contribution in [2.75, 3.05) is 39.4 Å². The second kappa shape index (κ2) is 6.91. The maximum absolute atomic E-state index is 12.6. The summed E-state index contributed by atoms with van der Waals surface area (Å²) in [4.78, 5) is 14.5. The fourth-order valence-corrected chi connectivity index (χ4v) is 2.77. The molecule has 0 radical (unpaired) electrons. The summed E-state index contributed by atoms with van der Waals surface area (Å²) in [6, 6.07) is 7.49. The van der Waals surface area contributed by atoms with Gasteiger partial charge < -0.3 is 19.7 Å². The minimum absolute atomic E-state index is 0.0550. The van der Waals surface area contributed by atoms with Crippen molar-refractivity contribution in [1.82, 2.24) is 10.2 Å². The summed E-state index contributed by atoms with van der Waals surface area (Å²) in [7, 11) is 0. The van der Waals surface area contributed by atoms with Gasteiger partial charge in [-0.1, -0.05) is 12.1 Å². The van der Waals surface area contributed by atoms with Crippen molar-refractivity contribution in [3.8, 4) is 5.75 Å². The van der Waals surface area contributed by atoms with Gasteiger partial charge in [0.2, 0.25) is 0 Å². The van der Waals surface area contributed by atoms with E-state index in [0.29, 0.717) is 17.9 Å². The highest BCUT2D eigenvalue weighted by atomic mass is 16.5. The van der Waals surface area contributed by atoms with Crippen LogP contribution >= 0.6 is 0 Å². The van der Waals surface area contributed by atoms with Crippen LogP contribution in [0.25, 0.3) is 0 Å². The number of hydrogen-bond acceptors (Lipinski definition) is 4. The van der Waals surface area contributed by atoms with Crippen molar-refractivity contribution in [2.24, 2.45) is 0 Å². The number of benzene rings is 1. The molecule has 2 heterocycles. The highest BCUT2D eigenvalue weighted by Gasteiger charge is 2.22. The quantitative estimate of drug-likeness (QED) is 0.908. The van der Waals surface area contributed by atoms with Gasteiger partial charge in [0.1, 0.15) is 12.4 Å². The van der Waals surface area contributed by atoms with Crippen LogP contribution < -0.4 is 10.1 Å². The first-order chi connectivity index (χ1) is 10.3. The first-order valence-electron chi connectivity index (χ1n) is 7.68. The molecule has 2 aliphatic heterocycles. The Hall–Kier alpha value is -1.59. The number of nitrogens with one attached hydrogen (secondary N) is 1. The summed E-state index contributed by atoms with van der Waals surface area (Å²) in [5.41, 5.74) is 0.650. The van der Waals surface area contributed by atoms with Crippen molar-refractivity contribution in [3.63, 3.8) is 0 Å². The van der Waals surface area contributed by atoms with Gasteiger partial charge in [-0.25, -0.2) is 0 Å². The molecule has 1 unspecified atom stereocenters. The molecule has 1 aromatic rings. The number of hydrogen-bond donors (Lipinski definition) is 1. The lowest BCUT2D eigenvalue weighted by atomic mass is 10.1. The van der Waals surface area contributed by atoms with E-state index < -0.39 is 0 Å². The molecule has 21 heavy (non-hydrogen) atoms. The van der Waals surface area contributed by atoms with E-state index >= 15 is 0 Å². The van der Waals surface area contributed by atoms with E-state index in [4.69, 9.17) is 9.47 Å². The van der Waals surface area contributed by atoms with E-state index in [-0.39, 0.29) is 12.0 Å². The molecule has 1 amide bonds. The lowest BCUT2D eigenvalue weighted by molar-refractivity contribution is 0.0645. The zero-order valence-electron chi connectivity index (χ0n) is 12.2. The number of carbonyl (C=O) groups is 1. The third kappa shape index (κ3) is 3.54. The van der Waals surface area contributed by atoms with Crippen LogP contribution in [0.4, 0.5) is 0 Å². The third-order valence-corrected chi connectivity index (χ3v) is 3.97. The third-order valence-electron chi connectivity index (χ3n) is 3.97. The second-order valence-corrected chi connectivity index (χ2v) is 5.48. The molecule has 5 heteroatoms. The number of amides is 1. The topological polar surface area (TPSA) is 50.8 Å². The fourth-order valence-electron chi connectivity index (χ4n) is 2.77. The Balaban J connectivity index is 1.67. The number of carbonyl (C=O) groups excluding carboxylic acids is 1. The van der Waals surface area contributed by atoms with Crippen molar-refractivity contribution >= 4 is 5.91 Å². The zero-order chi connectivity index (χ0) is 14.5. The molecule has 0 saturated carbocycles. The summed E-state index contributed by atoms with van der Waals surface area (Å²) in [5, 5.41) is 3.26. The SMILES string of the molecule is O=C(c1ccccc1OCC1CCCO1)N1CCNCC1. The van der Waals surface area contributed by atoms with Gasteiger partial charge in [-0.05, 0) is 25.0 Å². The molecule has 2 fully saturated rings. The van der Waals surface area contributed by atoms with Gasteiger partial charge in [0, 0.05) is 32.8 Å². The van der Waals surface area contributed by atoms with E-state index in [9.17, 15) is 4.79 Å². The average molecular weight is 290 g/mol. The molecular formula is C16H22N2O3. The molecule has 3 rings (SSSR count). The Morgan fingerprint density at radius 2 is 2.14 bits per heavy atom. The zero-order valence-corrected chi connectivity index (χ0v) is 12.2. The van der Waals surface area contributed by atoms with Crippen LogP contribution in [0, 0.1) is 0 Å². The largest absolute Gasteiger partial charge is 0.490 e. The lowest BCUT2D eigenvalue weighted by Gasteiger charge is -2.28. The van der Waals surface area contributed by atoms with Crippen molar-refractivity contribution in [3.05, 3.63) is 29.8 Å². The molecule has 114 valence electrons. The van der Waals surface area contributed by atoms with Gasteiger partial charge >= 0.3 is 0 Å². The molecule has 1 aromatic carbocycles. The van der Waals surface area contributed by atoms with Crippen LogP contribution in [0.5, 0.6) is 5.75 Å². The van der Waals surface area contributed by atoms with Gasteiger partial charge in [0.15, 0.2) is 0 Å². The maximum Gasteiger partial charge on any atom is 0.257 e. The summed E-state index contributed by atoms with van der Waals surface area (Å²) >= 11 is 0. The van der Waals surface area contributed by atoms with E-state index in [1.54, 1.807) is 0 Å². The molecule has 0 aromatic heterocycles. The second-order valence-electron chi connectivity index (χ2n) is 5.48. The Bertz CT molecular complexity index is 480. The van der Waals surface area contributed by atoms with Crippen LogP contribution in [-0.4, -0.2) is 56.3 Å². The van der Waals surface area contributed by atoms with E-state index in [0.717, 1.165) is 45.6 Å². The van der Waals surface area contributed by atoms with Crippen LogP contribution in [-0.2, 0) is 4.74 Å². The van der Waals surface area contributed by atoms with Gasteiger partial charge in [0.05, 0.1) is 11.7 Å². The van der Waals surface area contributed by atoms with Crippen molar-refractivity contribution < 1.29 is 14.3 Å². The summed E-state index contributed by atoms with van der Waals surface area (Å²) in [6.07, 6.45) is 2.29. The predicted octanol–water partition coefficient (Wildman–Crippen LogP) is 1.29. The lowest BCUT2D eigenvalue weighted by Crippen LogP contribution is -2.46. The van der Waals surface area contributed by atoms with E-state index in [1.165, 1.54) is 0 Å². The average Bonchev–Trinajstić information content (AvgIpc) is 3.07. The number of para-hydroxylation sites is 1. The van der Waals surface area contributed by atoms with E-state index in [1.807, 2.05) is 29.2 Å². The number of nitrogens with zero attached hydrogens (tertiary/aromatic N) is 1. The Morgan fingerprint density at radius 1 is 1.33 bits per heavy atom. The normalized spacial score (nSPS) is 22.3. The van der Waals surface area contributed by atoms with E-state index in [2.05, 4.69) is 5.32 Å². The van der Waals surface area contributed by atoms with Gasteiger partial charge in [-0.2, -0.15) is 0 Å². The van der Waals surface area contributed by atoms with Crippen LogP contribution in [0.2, 0.25) is 0 Å². The molecule has 0 bridgehead atoms. The number of ether oxygens (including phenoxy) is 2. The van der Waals surface area contributed by atoms with Crippen LogP contribution in [0.1, 0.15) is 23.2 Å². The predicted molar refractivity (Wildman–Crippen MR) is 79.7 cm³/mol. The Kier molecular flexibility index (Phi) is 4.72. The molecular weight excluding hydrogens is 268 g/mol. The van der Waals surface area contributed by atoms with Gasteiger partial charge in [0.25, 0.3) is 5.91 Å². The Morgan fingerprint density at radius 3 is 2.90 bits per heavy atom. The first kappa shape index (κ1) is 14.4. The summed E-state index contributed by atoms with van der Waals surface area (Å²) < 4.78 is 11.4. The number of piperazine rings is 1. The molecule has 1 atom stereocenters. The monoisotopic (exact) mass is 290 g/mol. The van der Waals surface area contributed by atoms with Gasteiger partial charge in [-0.3, -0.25) is 4.79 Å². The molecule has 0 aliphatic carbocycles. The molecule has 2 saturated heterocycles. The maximum atomic E-state index is 12.6. The van der Waals surface area contributed by atoms with Gasteiger partial charge in [-0.15, -0.1) is 0 Å². The summed E-state index contributed by atoms with van der Waals surface area (Å²) in [6.45, 7) is 4.54. The fraction of sp³-hybridized carbons (Fsp3) is 0.562. The highest BCUT2D eigenvalue weighted by molar-refractivity contribution is 5.97. The standard InChI is InChI=1S/C16H22N2O3/c19-16(18-9-7-17-8-10-18)14-5-1-2-6-15(14)21-12-13-4-3-11-20-13/h1-2,5-6,13,17H,3-4,7-12H2. The Labute approximate surface area is 125 Å². The van der Waals surface area contributed by atoms with Crippen molar-refractivity contribution in [2.45, 2.75) is 18.9 Å². The van der Waals surface area contributed by atoms with Crippen molar-refractivity contribution in [1.29, 1.82) is 0 Å². The van der Waals surface area contributed by atoms with Crippen LogP contribution in [0.15, 0.2) is 24.3 Å². The molecule has 2 aliphatic rings. The molecule has 5 nitrogen and oxygen atoms in total.